The van der Waals surface area contributed by atoms with Crippen molar-refractivity contribution in [3.63, 3.8) is 0 Å². The highest BCUT2D eigenvalue weighted by Crippen LogP contribution is 2.13. The zero-order chi connectivity index (χ0) is 12.3. The fourth-order valence-corrected chi connectivity index (χ4v) is 1.90. The summed E-state index contributed by atoms with van der Waals surface area (Å²) in [5, 5.41) is 0. The lowest BCUT2D eigenvalue weighted by atomic mass is 10.1. The maximum absolute atomic E-state index is 5.68. The molecule has 100 valence electrons. The average Bonchev–Trinajstić information content (AvgIpc) is 2.33. The third kappa shape index (κ3) is 8.36. The van der Waals surface area contributed by atoms with E-state index in [1.807, 2.05) is 0 Å². The molecule has 2 atom stereocenters. The fourth-order valence-electron chi connectivity index (χ4n) is 1.90. The number of unbranched alkanes of at least 4 members (excludes halogenated alkanes) is 1. The third-order valence-electron chi connectivity index (χ3n) is 2.92. The molecule has 3 nitrogen and oxygen atoms in total. The highest BCUT2D eigenvalue weighted by atomic mass is 16.7. The Labute approximate surface area is 105 Å². The van der Waals surface area contributed by atoms with Crippen molar-refractivity contribution in [1.29, 1.82) is 0 Å². The van der Waals surface area contributed by atoms with Gasteiger partial charge in [-0.15, -0.1) is 0 Å². The summed E-state index contributed by atoms with van der Waals surface area (Å²) < 4.78 is 11.1. The largest absolute Gasteiger partial charge is 0.353 e. The maximum Gasteiger partial charge on any atom is 0.157 e. The fraction of sp³-hybridized carbons (Fsp3) is 0.857. The minimum atomic E-state index is 0.0511. The number of ether oxygens (including phenoxy) is 2. The van der Waals surface area contributed by atoms with Crippen LogP contribution in [0.1, 0.15) is 51.9 Å². The molecule has 0 radical (unpaired) electrons. The van der Waals surface area contributed by atoms with E-state index in [0.717, 1.165) is 38.9 Å². The van der Waals surface area contributed by atoms with Crippen molar-refractivity contribution in [2.45, 2.75) is 64.2 Å². The number of hydrogen-bond donors (Lipinski definition) is 1. The van der Waals surface area contributed by atoms with Crippen LogP contribution in [0.2, 0.25) is 0 Å². The van der Waals surface area contributed by atoms with E-state index in [1.54, 1.807) is 0 Å². The average molecular weight is 241 g/mol. The molecule has 1 aliphatic rings. The molecule has 0 amide bonds. The second kappa shape index (κ2) is 9.63. The Bertz CT molecular complexity index is 198. The zero-order valence-corrected chi connectivity index (χ0v) is 11.1. The summed E-state index contributed by atoms with van der Waals surface area (Å²) in [4.78, 5) is 0. The Hall–Kier alpha value is -0.380. The number of rotatable bonds is 8. The van der Waals surface area contributed by atoms with E-state index in [2.05, 4.69) is 19.1 Å². The Morgan fingerprint density at radius 2 is 2.18 bits per heavy atom. The number of hydrogen-bond acceptors (Lipinski definition) is 3. The van der Waals surface area contributed by atoms with Crippen molar-refractivity contribution in [3.8, 4) is 0 Å². The summed E-state index contributed by atoms with van der Waals surface area (Å²) in [6, 6.07) is 0.329. The van der Waals surface area contributed by atoms with E-state index in [1.165, 1.54) is 19.3 Å². The number of nitrogens with two attached hydrogens (primary N) is 1. The first-order valence-corrected chi connectivity index (χ1v) is 6.93. The Morgan fingerprint density at radius 1 is 1.35 bits per heavy atom. The molecule has 0 bridgehead atoms. The molecule has 0 saturated carbocycles. The van der Waals surface area contributed by atoms with Crippen molar-refractivity contribution in [2.24, 2.45) is 5.73 Å². The molecule has 0 aromatic rings. The van der Waals surface area contributed by atoms with E-state index in [4.69, 9.17) is 15.2 Å². The monoisotopic (exact) mass is 241 g/mol. The Balaban J connectivity index is 1.87. The Morgan fingerprint density at radius 3 is 2.88 bits per heavy atom. The van der Waals surface area contributed by atoms with Crippen molar-refractivity contribution < 1.29 is 9.47 Å². The lowest BCUT2D eigenvalue weighted by Crippen LogP contribution is -2.22. The van der Waals surface area contributed by atoms with Crippen LogP contribution in [-0.4, -0.2) is 25.5 Å². The minimum Gasteiger partial charge on any atom is -0.353 e. The molecule has 0 spiro atoms. The van der Waals surface area contributed by atoms with Gasteiger partial charge in [-0.25, -0.2) is 0 Å². The van der Waals surface area contributed by atoms with Gasteiger partial charge in [-0.2, -0.15) is 0 Å². The Kier molecular flexibility index (Phi) is 8.32. The van der Waals surface area contributed by atoms with Gasteiger partial charge in [-0.1, -0.05) is 12.2 Å². The van der Waals surface area contributed by atoms with Crippen molar-refractivity contribution in [3.05, 3.63) is 12.2 Å². The van der Waals surface area contributed by atoms with E-state index >= 15 is 0 Å². The summed E-state index contributed by atoms with van der Waals surface area (Å²) in [5.41, 5.74) is 5.68. The predicted octanol–water partition coefficient (Wildman–Crippen LogP) is 2.99. The zero-order valence-electron chi connectivity index (χ0n) is 11.1. The first-order valence-electron chi connectivity index (χ1n) is 6.93. The molecule has 1 unspecified atom stereocenters. The van der Waals surface area contributed by atoms with Crippen LogP contribution in [0.5, 0.6) is 0 Å². The van der Waals surface area contributed by atoms with Gasteiger partial charge in [0.25, 0.3) is 0 Å². The molecule has 1 fully saturated rings. The topological polar surface area (TPSA) is 44.5 Å². The minimum absolute atomic E-state index is 0.0511. The van der Waals surface area contributed by atoms with E-state index in [-0.39, 0.29) is 6.29 Å². The van der Waals surface area contributed by atoms with Crippen LogP contribution in [-0.2, 0) is 9.47 Å². The van der Waals surface area contributed by atoms with Gasteiger partial charge < -0.3 is 15.2 Å². The summed E-state index contributed by atoms with van der Waals surface area (Å²) in [6.45, 7) is 3.69. The van der Waals surface area contributed by atoms with Crippen LogP contribution in [0.3, 0.4) is 0 Å². The van der Waals surface area contributed by atoms with Crippen LogP contribution in [0, 0.1) is 0 Å². The molecule has 0 aliphatic carbocycles. The molecule has 3 heteroatoms. The predicted molar refractivity (Wildman–Crippen MR) is 70.8 cm³/mol. The SMILES string of the molecule is C[C@@H](N)CCC/C=C\CCOC1CCCCO1. The second-order valence-electron chi connectivity index (χ2n) is 4.84. The van der Waals surface area contributed by atoms with Gasteiger partial charge in [0.15, 0.2) is 6.29 Å². The highest BCUT2D eigenvalue weighted by Gasteiger charge is 2.12. The molecule has 2 N–H and O–H groups in total. The van der Waals surface area contributed by atoms with Crippen LogP contribution in [0.15, 0.2) is 12.2 Å². The van der Waals surface area contributed by atoms with E-state index < -0.39 is 0 Å². The quantitative estimate of drug-likeness (QED) is 0.525. The second-order valence-corrected chi connectivity index (χ2v) is 4.84. The van der Waals surface area contributed by atoms with E-state index in [9.17, 15) is 0 Å². The smallest absolute Gasteiger partial charge is 0.157 e. The van der Waals surface area contributed by atoms with Crippen LogP contribution >= 0.6 is 0 Å². The normalized spacial score (nSPS) is 23.1. The summed E-state index contributed by atoms with van der Waals surface area (Å²) in [5.74, 6) is 0. The van der Waals surface area contributed by atoms with Crippen molar-refractivity contribution in [2.75, 3.05) is 13.2 Å². The number of allylic oxidation sites excluding steroid dienone is 1. The van der Waals surface area contributed by atoms with Gasteiger partial charge in [0.05, 0.1) is 6.61 Å². The molecular formula is C14H27NO2. The van der Waals surface area contributed by atoms with Gasteiger partial charge in [-0.3, -0.25) is 0 Å². The first kappa shape index (κ1) is 14.7. The van der Waals surface area contributed by atoms with Crippen LogP contribution in [0.25, 0.3) is 0 Å². The first-order chi connectivity index (χ1) is 8.29. The molecule has 1 saturated heterocycles. The van der Waals surface area contributed by atoms with Crippen molar-refractivity contribution in [1.82, 2.24) is 0 Å². The van der Waals surface area contributed by atoms with Crippen LogP contribution < -0.4 is 5.73 Å². The van der Waals surface area contributed by atoms with Gasteiger partial charge in [0.1, 0.15) is 0 Å². The maximum atomic E-state index is 5.68. The van der Waals surface area contributed by atoms with Crippen molar-refractivity contribution >= 4 is 0 Å². The van der Waals surface area contributed by atoms with Crippen LogP contribution in [0.4, 0.5) is 0 Å². The van der Waals surface area contributed by atoms with Gasteiger partial charge in [-0.05, 0) is 51.9 Å². The van der Waals surface area contributed by atoms with E-state index in [0.29, 0.717) is 6.04 Å². The lowest BCUT2D eigenvalue weighted by Gasteiger charge is -2.22. The molecule has 0 aromatic carbocycles. The standard InChI is InChI=1S/C14H27NO2/c1-13(15)9-5-3-2-4-7-11-16-14-10-6-8-12-17-14/h2,4,13-14H,3,5-12,15H2,1H3/b4-2-/t13-,14?/m1/s1. The molecule has 1 rings (SSSR count). The molecule has 17 heavy (non-hydrogen) atoms. The molecule has 1 heterocycles. The summed E-state index contributed by atoms with van der Waals surface area (Å²) in [7, 11) is 0. The summed E-state index contributed by atoms with van der Waals surface area (Å²) in [6.07, 6.45) is 12.3. The lowest BCUT2D eigenvalue weighted by molar-refractivity contribution is -0.161. The molecule has 1 aliphatic heterocycles. The summed E-state index contributed by atoms with van der Waals surface area (Å²) >= 11 is 0. The highest BCUT2D eigenvalue weighted by molar-refractivity contribution is 4.81. The third-order valence-corrected chi connectivity index (χ3v) is 2.92. The van der Waals surface area contributed by atoms with Gasteiger partial charge in [0, 0.05) is 12.6 Å². The van der Waals surface area contributed by atoms with Gasteiger partial charge >= 0.3 is 0 Å². The van der Waals surface area contributed by atoms with Gasteiger partial charge in [0.2, 0.25) is 0 Å². The molecular weight excluding hydrogens is 214 g/mol. The molecule has 0 aromatic heterocycles.